The van der Waals surface area contributed by atoms with Crippen molar-refractivity contribution in [2.75, 3.05) is 14.2 Å². The molecule has 0 aliphatic heterocycles. The van der Waals surface area contributed by atoms with E-state index in [2.05, 4.69) is 40.3 Å². The third-order valence-electron chi connectivity index (χ3n) is 5.25. The maximum Gasteiger partial charge on any atom is 2.00 e. The Morgan fingerprint density at radius 3 is 0.551 bits per heavy atom. The standard InChI is InChI=1S/4C7H9N3.2C2H2O4.2CH4O.4Cu.4NO3.2H2O/c4*1-6(10-8)7-4-2-3-5-9-7;2*3-1(4)2(5)6;2*1-2;;;;;4*2-1(3)4;;/h4*2-5H,8H2,1H3;2*(H,3,4)(H,5,6);2*2H,1H3;;;;;;;;;2*1H2/q;;;;;;;;4*+2;4*-1;;/p-2/b4*10-6+;;;;;;;;;;;;;;. The normalized spacial score (nSPS) is 8.41. The number of rotatable bonds is 4. The molecule has 40 nitrogen and oxygen atoms in total. The molecule has 4 aromatic rings. The van der Waals surface area contributed by atoms with E-state index in [4.69, 9.17) is 134 Å². The Bertz CT molecular complexity index is 1890. The minimum Gasteiger partial charge on any atom is -0.543 e. The van der Waals surface area contributed by atoms with Gasteiger partial charge in [0.15, 0.2) is 0 Å². The molecule has 4 radical (unpaired) electrons. The minimum atomic E-state index is -2.19. The van der Waals surface area contributed by atoms with Gasteiger partial charge in [0.1, 0.15) is 0 Å². The van der Waals surface area contributed by atoms with Crippen LogP contribution in [0.1, 0.15) is 50.5 Å². The van der Waals surface area contributed by atoms with E-state index in [0.29, 0.717) is 0 Å². The van der Waals surface area contributed by atoms with Gasteiger partial charge in [-0.15, -0.1) is 0 Å². The molecule has 0 aliphatic carbocycles. The van der Waals surface area contributed by atoms with Crippen molar-refractivity contribution in [2.24, 2.45) is 43.8 Å². The van der Waals surface area contributed by atoms with Crippen LogP contribution >= 0.6 is 0 Å². The third-order valence-corrected chi connectivity index (χ3v) is 5.25. The molecule has 0 unspecified atom stereocenters. The van der Waals surface area contributed by atoms with Crippen LogP contribution in [0.4, 0.5) is 0 Å². The van der Waals surface area contributed by atoms with Gasteiger partial charge in [-0.1, -0.05) is 24.3 Å². The molecule has 4 heterocycles. The van der Waals surface area contributed by atoms with Crippen molar-refractivity contribution < 1.29 is 149 Å². The van der Waals surface area contributed by atoms with Crippen molar-refractivity contribution in [1.29, 1.82) is 0 Å². The molecule has 4 aromatic heterocycles. The number of aromatic nitrogens is 4. The molecule has 0 fully saturated rings. The molecule has 0 saturated heterocycles. The Kier molecular flexibility index (Phi) is 104. The Labute approximate surface area is 481 Å². The van der Waals surface area contributed by atoms with Crippen molar-refractivity contribution in [2.45, 2.75) is 27.7 Å². The topological polar surface area (TPSA) is 737 Å². The van der Waals surface area contributed by atoms with Gasteiger partial charge in [-0.25, -0.2) is 0 Å². The van der Waals surface area contributed by atoms with Gasteiger partial charge in [0.2, 0.25) is 0 Å². The zero-order chi connectivity index (χ0) is 58.2. The van der Waals surface area contributed by atoms with Crippen molar-refractivity contribution in [1.82, 2.24) is 19.9 Å². The molecule has 0 bridgehead atoms. The molecular weight excluding hydrogens is 1270 g/mol. The van der Waals surface area contributed by atoms with Gasteiger partial charge in [0.05, 0.1) is 89.8 Å². The van der Waals surface area contributed by atoms with E-state index in [0.717, 1.165) is 59.8 Å². The molecule has 0 aliphatic rings. The maximum atomic E-state index is 8.93. The van der Waals surface area contributed by atoms with Gasteiger partial charge in [0, 0.05) is 39.0 Å². The van der Waals surface area contributed by atoms with Crippen LogP contribution < -0.4 is 43.8 Å². The second-order valence-corrected chi connectivity index (χ2v) is 9.76. The summed E-state index contributed by atoms with van der Waals surface area (Å²) >= 11 is 0. The first kappa shape index (κ1) is 106. The molecule has 4 rings (SSSR count). The first-order valence-electron chi connectivity index (χ1n) is 17.2. The van der Waals surface area contributed by atoms with E-state index in [1.165, 1.54) is 0 Å². The second-order valence-electron chi connectivity index (χ2n) is 9.76. The molecule has 16 N–H and O–H groups in total. The summed E-state index contributed by atoms with van der Waals surface area (Å²) in [6.07, 6.45) is 6.85. The van der Waals surface area contributed by atoms with E-state index in [9.17, 15) is 0 Å². The Morgan fingerprint density at radius 1 is 0.372 bits per heavy atom. The molecule has 44 heteroatoms. The SMILES string of the molecule is C/C(=N\N)c1ccccn1.C/C(=N\N)c1ccccn1.C/C(=N\N)c1ccccn1.C/C(=N\N)c1ccccn1.CO.CO.O=C([O-])C(=O)[O-].O=C([O-])C(=O)[O-].O=[N+]([O-])[O-].O=[N+]([O-])[O-].O=[N+]([O-])[O-].O=[N+]([O-])[O-].[Cu+2].[Cu+2].[Cu+2].[Cu+2].[OH3+].[OH3+]. The predicted molar refractivity (Wildman–Crippen MR) is 250 cm³/mol. The molecule has 0 saturated carbocycles. The van der Waals surface area contributed by atoms with Gasteiger partial charge >= 0.3 is 68.3 Å². The average Bonchev–Trinajstić information content (AvgIpc) is 3.35. The van der Waals surface area contributed by atoms with Crippen LogP contribution in [-0.4, -0.2) is 111 Å². The number of aliphatic carboxylic acids is 4. The summed E-state index contributed by atoms with van der Waals surface area (Å²) in [6.45, 7) is 7.29. The number of carbonyl (C=O) groups excluding carboxylic acids is 4. The smallest absolute Gasteiger partial charge is 0.543 e. The fourth-order valence-corrected chi connectivity index (χ4v) is 2.57. The van der Waals surface area contributed by atoms with Gasteiger partial charge in [-0.05, 0) is 76.2 Å². The third kappa shape index (κ3) is 96.5. The molecule has 0 atom stereocenters. The fraction of sp³-hybridized carbons (Fsp3) is 0.176. The van der Waals surface area contributed by atoms with Crippen LogP contribution in [0.15, 0.2) is 118 Å². The van der Waals surface area contributed by atoms with E-state index >= 15 is 0 Å². The molecule has 0 spiro atoms. The number of nitrogens with zero attached hydrogens (tertiary/aromatic N) is 12. The number of aliphatic hydroxyl groups excluding tert-OH is 2. The van der Waals surface area contributed by atoms with Crippen LogP contribution in [0.25, 0.3) is 0 Å². The van der Waals surface area contributed by atoms with Crippen LogP contribution in [0.3, 0.4) is 0 Å². The minimum absolute atomic E-state index is 0. The first-order valence-corrected chi connectivity index (χ1v) is 17.2. The number of carboxylic acids is 4. The number of nitrogens with two attached hydrogens (primary N) is 4. The summed E-state index contributed by atoms with van der Waals surface area (Å²) in [6, 6.07) is 22.5. The van der Waals surface area contributed by atoms with Crippen LogP contribution in [0.2, 0.25) is 0 Å². The predicted octanol–water partition coefficient (Wildman–Crippen LogP) is -7.56. The number of carboxylic acid groups (broad SMARTS) is 4. The Balaban J connectivity index is -0.0000000488. The maximum absolute atomic E-state index is 8.93. The molecule has 78 heavy (non-hydrogen) atoms. The number of hydrogen-bond donors (Lipinski definition) is 6. The molecule has 452 valence electrons. The van der Waals surface area contributed by atoms with E-state index in [-0.39, 0.29) is 79.2 Å². The molecule has 0 aromatic carbocycles. The van der Waals surface area contributed by atoms with Gasteiger partial charge < -0.3 is 145 Å². The average molecular weight is 1320 g/mol. The summed E-state index contributed by atoms with van der Waals surface area (Å²) in [5.41, 5.74) is 6.30. The number of pyridine rings is 4. The Morgan fingerprint density at radius 2 is 0.487 bits per heavy atom. The summed E-state index contributed by atoms with van der Waals surface area (Å²) in [5.74, 6) is 11.5. The summed E-state index contributed by atoms with van der Waals surface area (Å²) in [4.78, 5) is 84.9. The van der Waals surface area contributed by atoms with Gasteiger partial charge in [0.25, 0.3) is 0 Å². The number of hydrogen-bond acceptors (Lipinski definition) is 34. The second kappa shape index (κ2) is 77.0. The van der Waals surface area contributed by atoms with Crippen molar-refractivity contribution in [3.05, 3.63) is 182 Å². The van der Waals surface area contributed by atoms with E-state index in [1.54, 1.807) is 24.8 Å². The first-order chi connectivity index (χ1) is 33.6. The number of aliphatic hydroxyl groups is 2. The van der Waals surface area contributed by atoms with Gasteiger partial charge in [-0.3, -0.25) is 19.9 Å². The Hall–Kier alpha value is -8.92. The quantitative estimate of drug-likeness (QED) is 0.0210. The summed E-state index contributed by atoms with van der Waals surface area (Å²) in [7, 11) is 2.00. The van der Waals surface area contributed by atoms with Crippen molar-refractivity contribution >= 4 is 46.7 Å². The number of hydrazone groups is 4. The zero-order valence-electron chi connectivity index (χ0n) is 40.3. The largest absolute Gasteiger partial charge is 2.00 e. The monoisotopic (exact) mass is 1320 g/mol. The fourth-order valence-electron chi connectivity index (χ4n) is 2.57. The summed E-state index contributed by atoms with van der Waals surface area (Å²) < 4.78 is 0. The summed E-state index contributed by atoms with van der Waals surface area (Å²) in [5, 5.41) is 123. The van der Waals surface area contributed by atoms with E-state index < -0.39 is 44.2 Å². The van der Waals surface area contributed by atoms with Crippen molar-refractivity contribution in [3.8, 4) is 0 Å². The van der Waals surface area contributed by atoms with Crippen molar-refractivity contribution in [3.63, 3.8) is 0 Å². The van der Waals surface area contributed by atoms with Crippen LogP contribution in [0, 0.1) is 61.3 Å². The molecular formula is C34H50Cu4N16O24+2. The van der Waals surface area contributed by atoms with Gasteiger partial charge in [-0.2, -0.15) is 20.4 Å². The number of carbonyl (C=O) groups is 4. The zero-order valence-corrected chi connectivity index (χ0v) is 44.1. The van der Waals surface area contributed by atoms with E-state index in [1.807, 2.05) is 100 Å². The van der Waals surface area contributed by atoms with Crippen LogP contribution in [-0.2, 0) is 98.4 Å². The molecule has 0 amide bonds. The van der Waals surface area contributed by atoms with Crippen LogP contribution in [0.5, 0.6) is 0 Å².